The van der Waals surface area contributed by atoms with Gasteiger partial charge in [-0.3, -0.25) is 4.90 Å². The van der Waals surface area contributed by atoms with Crippen molar-refractivity contribution in [1.82, 2.24) is 9.80 Å². The minimum absolute atomic E-state index is 0.278. The van der Waals surface area contributed by atoms with Crippen molar-refractivity contribution in [2.24, 2.45) is 0 Å². The Morgan fingerprint density at radius 1 is 1.04 bits per heavy atom. The van der Waals surface area contributed by atoms with Crippen molar-refractivity contribution >= 4 is 5.57 Å². The molecule has 0 N–H and O–H groups in total. The van der Waals surface area contributed by atoms with Gasteiger partial charge in [-0.15, -0.1) is 0 Å². The summed E-state index contributed by atoms with van der Waals surface area (Å²) in [4.78, 5) is 3.47. The van der Waals surface area contributed by atoms with Gasteiger partial charge in [-0.1, -0.05) is 25.1 Å². The average molecular weight is 372 g/mol. The molecule has 27 heavy (non-hydrogen) atoms. The number of piperidine rings is 1. The summed E-state index contributed by atoms with van der Waals surface area (Å²) in [6.45, 7) is 3.40. The first-order valence-electron chi connectivity index (χ1n) is 9.76. The largest absolute Gasteiger partial charge is 0.490 e. The average Bonchev–Trinajstić information content (AvgIpc) is 2.62. The van der Waals surface area contributed by atoms with Gasteiger partial charge in [0.05, 0.1) is 0 Å². The third-order valence-electron chi connectivity index (χ3n) is 5.84. The summed E-state index contributed by atoms with van der Waals surface area (Å²) in [7, 11) is 0. The van der Waals surface area contributed by atoms with Gasteiger partial charge in [-0.2, -0.15) is 8.78 Å². The molecule has 0 bridgehead atoms. The van der Waals surface area contributed by atoms with Crippen molar-refractivity contribution in [3.63, 3.8) is 0 Å². The van der Waals surface area contributed by atoms with Gasteiger partial charge in [0.1, 0.15) is 11.9 Å². The van der Waals surface area contributed by atoms with Crippen LogP contribution in [-0.2, 0) is 0 Å². The van der Waals surface area contributed by atoms with Crippen LogP contribution < -0.4 is 4.74 Å². The summed E-state index contributed by atoms with van der Waals surface area (Å²) >= 11 is 0. The zero-order valence-corrected chi connectivity index (χ0v) is 15.5. The monoisotopic (exact) mass is 372 g/mol. The molecular weight excluding hydrogens is 346 g/mol. The van der Waals surface area contributed by atoms with Crippen molar-refractivity contribution in [2.75, 3.05) is 13.1 Å². The van der Waals surface area contributed by atoms with E-state index in [4.69, 9.17) is 4.74 Å². The molecule has 0 unspecified atom stereocenters. The number of ether oxygens (including phenoxy) is 1. The van der Waals surface area contributed by atoms with Gasteiger partial charge in [0.15, 0.2) is 0 Å². The SMILES string of the molecule is C=C1C=C(c2ccc(OC3CCN(C4CCC4)CC3)cc2)C=CN1C(F)F. The zero-order valence-electron chi connectivity index (χ0n) is 15.5. The van der Waals surface area contributed by atoms with E-state index >= 15 is 0 Å². The quantitative estimate of drug-likeness (QED) is 0.674. The molecule has 1 saturated heterocycles. The van der Waals surface area contributed by atoms with Crippen LogP contribution in [0.5, 0.6) is 5.75 Å². The molecule has 144 valence electrons. The summed E-state index contributed by atoms with van der Waals surface area (Å²) in [5.41, 5.74) is 2.13. The van der Waals surface area contributed by atoms with Crippen LogP contribution in [0.4, 0.5) is 8.78 Å². The molecule has 1 aliphatic carbocycles. The fraction of sp³-hybridized carbons (Fsp3) is 0.455. The molecule has 2 aliphatic heterocycles. The maximum atomic E-state index is 12.8. The summed E-state index contributed by atoms with van der Waals surface area (Å²) in [6.07, 6.45) is 11.3. The van der Waals surface area contributed by atoms with Crippen molar-refractivity contribution in [2.45, 2.75) is 50.8 Å². The van der Waals surface area contributed by atoms with Gasteiger partial charge >= 0.3 is 6.55 Å². The minimum atomic E-state index is -2.57. The van der Waals surface area contributed by atoms with E-state index in [1.54, 1.807) is 12.2 Å². The highest BCUT2D eigenvalue weighted by Crippen LogP contribution is 2.30. The summed E-state index contributed by atoms with van der Waals surface area (Å²) in [6, 6.07) is 8.69. The zero-order chi connectivity index (χ0) is 18.8. The van der Waals surface area contributed by atoms with Crippen LogP contribution >= 0.6 is 0 Å². The molecule has 1 aromatic carbocycles. The molecule has 0 spiro atoms. The lowest BCUT2D eigenvalue weighted by Crippen LogP contribution is -2.46. The Morgan fingerprint density at radius 2 is 1.74 bits per heavy atom. The number of halogens is 2. The van der Waals surface area contributed by atoms with E-state index in [0.717, 1.165) is 53.8 Å². The summed E-state index contributed by atoms with van der Waals surface area (Å²) in [5.74, 6) is 0.870. The fourth-order valence-corrected chi connectivity index (χ4v) is 3.96. The number of nitrogens with zero attached hydrogens (tertiary/aromatic N) is 2. The smallest absolute Gasteiger partial charge is 0.318 e. The molecule has 0 radical (unpaired) electrons. The van der Waals surface area contributed by atoms with Crippen LogP contribution in [0.25, 0.3) is 5.57 Å². The number of allylic oxidation sites excluding steroid dienone is 3. The second-order valence-electron chi connectivity index (χ2n) is 7.55. The van der Waals surface area contributed by atoms with Crippen LogP contribution in [-0.4, -0.2) is 41.6 Å². The van der Waals surface area contributed by atoms with Crippen LogP contribution in [0, 0.1) is 0 Å². The lowest BCUT2D eigenvalue weighted by Gasteiger charge is -2.41. The molecule has 2 heterocycles. The first kappa shape index (κ1) is 18.2. The maximum Gasteiger partial charge on any atom is 0.318 e. The standard InChI is InChI=1S/C22H26F2N2O/c1-16-15-18(9-14-26(16)22(23)24)17-5-7-20(8-6-17)27-21-10-12-25(13-11-21)19-3-2-4-19/h5-9,14-15,19,21-22H,1-4,10-13H2. The predicted octanol–water partition coefficient (Wildman–Crippen LogP) is 5.03. The minimum Gasteiger partial charge on any atom is -0.490 e. The first-order chi connectivity index (χ1) is 13.1. The van der Waals surface area contributed by atoms with Crippen molar-refractivity contribution in [3.8, 4) is 5.75 Å². The van der Waals surface area contributed by atoms with Gasteiger partial charge in [0, 0.05) is 31.0 Å². The van der Waals surface area contributed by atoms with E-state index in [2.05, 4.69) is 11.5 Å². The van der Waals surface area contributed by atoms with Crippen LogP contribution in [0.2, 0.25) is 0 Å². The van der Waals surface area contributed by atoms with Crippen LogP contribution in [0.15, 0.2) is 54.9 Å². The summed E-state index contributed by atoms with van der Waals surface area (Å²) < 4.78 is 31.8. The number of alkyl halides is 2. The lowest BCUT2D eigenvalue weighted by atomic mass is 9.90. The normalized spacial score (nSPS) is 22.1. The molecule has 1 saturated carbocycles. The number of hydrogen-bond acceptors (Lipinski definition) is 3. The topological polar surface area (TPSA) is 15.7 Å². The molecule has 5 heteroatoms. The Balaban J connectivity index is 1.32. The van der Waals surface area contributed by atoms with E-state index < -0.39 is 6.55 Å². The van der Waals surface area contributed by atoms with E-state index in [0.29, 0.717) is 5.70 Å². The van der Waals surface area contributed by atoms with Gasteiger partial charge in [0.25, 0.3) is 0 Å². The van der Waals surface area contributed by atoms with E-state index in [-0.39, 0.29) is 6.10 Å². The second-order valence-corrected chi connectivity index (χ2v) is 7.55. The highest BCUT2D eigenvalue weighted by atomic mass is 19.3. The molecule has 0 aromatic heterocycles. The molecule has 3 aliphatic rings. The Labute approximate surface area is 159 Å². The Bertz CT molecular complexity index is 729. The fourth-order valence-electron chi connectivity index (χ4n) is 3.96. The number of rotatable bonds is 5. The van der Waals surface area contributed by atoms with Crippen molar-refractivity contribution < 1.29 is 13.5 Å². The van der Waals surface area contributed by atoms with Gasteiger partial charge in [0.2, 0.25) is 0 Å². The lowest BCUT2D eigenvalue weighted by molar-refractivity contribution is 0.0303. The highest BCUT2D eigenvalue weighted by molar-refractivity contribution is 5.77. The molecular formula is C22H26F2N2O. The van der Waals surface area contributed by atoms with Crippen molar-refractivity contribution in [3.05, 3.63) is 60.5 Å². The van der Waals surface area contributed by atoms with Gasteiger partial charge in [-0.05, 0) is 61.1 Å². The van der Waals surface area contributed by atoms with Gasteiger partial charge < -0.3 is 9.64 Å². The Kier molecular flexibility index (Phi) is 5.30. The van der Waals surface area contributed by atoms with E-state index in [9.17, 15) is 8.78 Å². The molecule has 3 nitrogen and oxygen atoms in total. The van der Waals surface area contributed by atoms with Gasteiger partial charge in [-0.25, -0.2) is 0 Å². The highest BCUT2D eigenvalue weighted by Gasteiger charge is 2.29. The maximum absolute atomic E-state index is 12.8. The molecule has 2 fully saturated rings. The van der Waals surface area contributed by atoms with Crippen LogP contribution in [0.1, 0.15) is 37.7 Å². The molecule has 0 amide bonds. The van der Waals surface area contributed by atoms with Crippen molar-refractivity contribution in [1.29, 1.82) is 0 Å². The second kappa shape index (κ2) is 7.85. The Hall–Kier alpha value is -2.14. The number of hydrogen-bond donors (Lipinski definition) is 0. The third kappa shape index (κ3) is 4.08. The first-order valence-corrected chi connectivity index (χ1v) is 9.76. The van der Waals surface area contributed by atoms with E-state index in [1.807, 2.05) is 24.3 Å². The third-order valence-corrected chi connectivity index (χ3v) is 5.84. The molecule has 0 atom stereocenters. The molecule has 1 aromatic rings. The number of benzene rings is 1. The van der Waals surface area contributed by atoms with Crippen LogP contribution in [0.3, 0.4) is 0 Å². The van der Waals surface area contributed by atoms with E-state index in [1.165, 1.54) is 25.5 Å². The predicted molar refractivity (Wildman–Crippen MR) is 103 cm³/mol. The molecule has 4 rings (SSSR count). The number of likely N-dealkylation sites (tertiary alicyclic amines) is 1. The Morgan fingerprint density at radius 3 is 2.30 bits per heavy atom. The summed E-state index contributed by atoms with van der Waals surface area (Å²) in [5, 5.41) is 0.